The van der Waals surface area contributed by atoms with E-state index in [1.165, 1.54) is 0 Å². The predicted molar refractivity (Wildman–Crippen MR) is 80.1 cm³/mol. The highest BCUT2D eigenvalue weighted by molar-refractivity contribution is 5.80. The third kappa shape index (κ3) is 3.14. The van der Waals surface area contributed by atoms with Gasteiger partial charge in [0.2, 0.25) is 5.91 Å². The molecule has 3 rings (SSSR count). The Kier molecular flexibility index (Phi) is 4.43. The largest absolute Gasteiger partial charge is 0.481 e. The van der Waals surface area contributed by atoms with E-state index < -0.39 is 5.97 Å². The van der Waals surface area contributed by atoms with Gasteiger partial charge in [0.1, 0.15) is 0 Å². The number of carbonyl (C=O) groups is 2. The van der Waals surface area contributed by atoms with Gasteiger partial charge in [0.25, 0.3) is 0 Å². The Bertz CT molecular complexity index is 539. The van der Waals surface area contributed by atoms with Crippen molar-refractivity contribution in [3.8, 4) is 0 Å². The summed E-state index contributed by atoms with van der Waals surface area (Å²) in [6.45, 7) is 0.674. The Morgan fingerprint density at radius 3 is 2.59 bits per heavy atom. The van der Waals surface area contributed by atoms with Gasteiger partial charge in [0.05, 0.1) is 17.9 Å². The minimum Gasteiger partial charge on any atom is -0.481 e. The Morgan fingerprint density at radius 1 is 1.18 bits per heavy atom. The van der Waals surface area contributed by atoms with Gasteiger partial charge in [-0.15, -0.1) is 0 Å². The third-order valence-electron chi connectivity index (χ3n) is 4.62. The van der Waals surface area contributed by atoms with E-state index in [0.717, 1.165) is 18.4 Å². The van der Waals surface area contributed by atoms with Gasteiger partial charge < -0.3 is 15.2 Å². The number of nitrogens with one attached hydrogen (secondary N) is 1. The molecule has 1 aliphatic heterocycles. The first-order valence-corrected chi connectivity index (χ1v) is 7.85. The molecule has 22 heavy (non-hydrogen) atoms. The normalized spacial score (nSPS) is 31.1. The van der Waals surface area contributed by atoms with Crippen LogP contribution in [0.15, 0.2) is 30.3 Å². The van der Waals surface area contributed by atoms with E-state index >= 15 is 0 Å². The summed E-state index contributed by atoms with van der Waals surface area (Å²) in [5, 5.41) is 11.9. The summed E-state index contributed by atoms with van der Waals surface area (Å²) in [5.41, 5.74) is 1.03. The summed E-state index contributed by atoms with van der Waals surface area (Å²) in [4.78, 5) is 23.3. The van der Waals surface area contributed by atoms with Crippen molar-refractivity contribution in [2.24, 2.45) is 11.8 Å². The molecule has 1 aliphatic carbocycles. The van der Waals surface area contributed by atoms with Crippen LogP contribution in [-0.2, 0) is 14.3 Å². The first-order chi connectivity index (χ1) is 10.6. The van der Waals surface area contributed by atoms with Crippen LogP contribution < -0.4 is 5.32 Å². The number of hydrogen-bond donors (Lipinski definition) is 2. The number of benzene rings is 1. The number of carboxylic acid groups (broad SMARTS) is 1. The topological polar surface area (TPSA) is 75.6 Å². The van der Waals surface area contributed by atoms with E-state index in [-0.39, 0.29) is 29.9 Å². The molecule has 1 aromatic carbocycles. The molecule has 118 valence electrons. The van der Waals surface area contributed by atoms with Crippen LogP contribution in [0, 0.1) is 11.8 Å². The summed E-state index contributed by atoms with van der Waals surface area (Å²) in [6, 6.07) is 9.81. The van der Waals surface area contributed by atoms with Crippen molar-refractivity contribution in [2.75, 3.05) is 6.61 Å². The van der Waals surface area contributed by atoms with Crippen molar-refractivity contribution in [1.29, 1.82) is 0 Å². The maximum atomic E-state index is 12.5. The molecule has 1 saturated carbocycles. The lowest BCUT2D eigenvalue weighted by atomic mass is 9.79. The number of hydrogen-bond acceptors (Lipinski definition) is 3. The van der Waals surface area contributed by atoms with E-state index in [2.05, 4.69) is 5.32 Å². The Labute approximate surface area is 129 Å². The fourth-order valence-corrected chi connectivity index (χ4v) is 3.27. The molecule has 2 atom stereocenters. The van der Waals surface area contributed by atoms with Crippen LogP contribution in [0.3, 0.4) is 0 Å². The zero-order valence-corrected chi connectivity index (χ0v) is 12.4. The van der Waals surface area contributed by atoms with E-state index in [4.69, 9.17) is 9.84 Å². The maximum absolute atomic E-state index is 12.5. The van der Waals surface area contributed by atoms with Gasteiger partial charge in [0, 0.05) is 12.6 Å². The van der Waals surface area contributed by atoms with Crippen LogP contribution >= 0.6 is 0 Å². The fourth-order valence-electron chi connectivity index (χ4n) is 3.27. The van der Waals surface area contributed by atoms with Gasteiger partial charge in [-0.2, -0.15) is 0 Å². The molecule has 2 aliphatic rings. The minimum atomic E-state index is -0.770. The van der Waals surface area contributed by atoms with Gasteiger partial charge in [-0.25, -0.2) is 0 Å². The SMILES string of the molecule is O=C(O)C1CC(NC(=O)C2CCCOC2c2ccccc2)C1. The van der Waals surface area contributed by atoms with Crippen LogP contribution in [-0.4, -0.2) is 29.6 Å². The quantitative estimate of drug-likeness (QED) is 0.893. The van der Waals surface area contributed by atoms with Gasteiger partial charge in [0.15, 0.2) is 0 Å². The molecule has 2 unspecified atom stereocenters. The molecule has 5 heteroatoms. The van der Waals surface area contributed by atoms with E-state index in [0.29, 0.717) is 19.4 Å². The minimum absolute atomic E-state index is 0.00745. The summed E-state index contributed by atoms with van der Waals surface area (Å²) in [5.74, 6) is -1.28. The van der Waals surface area contributed by atoms with E-state index in [1.54, 1.807) is 0 Å². The first kappa shape index (κ1) is 15.0. The van der Waals surface area contributed by atoms with Crippen LogP contribution in [0.2, 0.25) is 0 Å². The molecule has 2 N–H and O–H groups in total. The summed E-state index contributed by atoms with van der Waals surface area (Å²) in [7, 11) is 0. The maximum Gasteiger partial charge on any atom is 0.306 e. The monoisotopic (exact) mass is 303 g/mol. The van der Waals surface area contributed by atoms with E-state index in [9.17, 15) is 9.59 Å². The molecule has 1 heterocycles. The van der Waals surface area contributed by atoms with E-state index in [1.807, 2.05) is 30.3 Å². The number of carbonyl (C=O) groups excluding carboxylic acids is 1. The predicted octanol–water partition coefficient (Wildman–Crippen LogP) is 2.13. The van der Waals surface area contributed by atoms with Crippen molar-refractivity contribution >= 4 is 11.9 Å². The zero-order chi connectivity index (χ0) is 15.5. The molecule has 0 spiro atoms. The highest BCUT2D eigenvalue weighted by Gasteiger charge is 2.39. The third-order valence-corrected chi connectivity index (χ3v) is 4.62. The van der Waals surface area contributed by atoms with Crippen molar-refractivity contribution in [3.63, 3.8) is 0 Å². The van der Waals surface area contributed by atoms with Crippen molar-refractivity contribution in [3.05, 3.63) is 35.9 Å². The second kappa shape index (κ2) is 6.48. The lowest BCUT2D eigenvalue weighted by Gasteiger charge is -2.36. The number of ether oxygens (including phenoxy) is 1. The number of carboxylic acids is 1. The van der Waals surface area contributed by atoms with Gasteiger partial charge in [-0.1, -0.05) is 30.3 Å². The molecule has 0 aromatic heterocycles. The molecule has 0 bridgehead atoms. The number of aliphatic carboxylic acids is 1. The average Bonchev–Trinajstić information content (AvgIpc) is 2.50. The molecule has 1 aromatic rings. The molecular weight excluding hydrogens is 282 g/mol. The fraction of sp³-hybridized carbons (Fsp3) is 0.529. The van der Waals surface area contributed by atoms with Crippen molar-refractivity contribution in [2.45, 2.75) is 37.8 Å². The van der Waals surface area contributed by atoms with Crippen LogP contribution in [0.5, 0.6) is 0 Å². The molecule has 0 radical (unpaired) electrons. The highest BCUT2D eigenvalue weighted by atomic mass is 16.5. The van der Waals surface area contributed by atoms with Gasteiger partial charge >= 0.3 is 5.97 Å². The Morgan fingerprint density at radius 2 is 1.91 bits per heavy atom. The second-order valence-electron chi connectivity index (χ2n) is 6.16. The molecular formula is C17H21NO4. The van der Waals surface area contributed by atoms with Crippen LogP contribution in [0.1, 0.15) is 37.4 Å². The molecule has 1 amide bonds. The first-order valence-electron chi connectivity index (χ1n) is 7.85. The second-order valence-corrected chi connectivity index (χ2v) is 6.16. The zero-order valence-electron chi connectivity index (χ0n) is 12.4. The molecule has 5 nitrogen and oxygen atoms in total. The average molecular weight is 303 g/mol. The molecule has 2 fully saturated rings. The van der Waals surface area contributed by atoms with Crippen molar-refractivity contribution in [1.82, 2.24) is 5.32 Å². The standard InChI is InChI=1S/C17H21NO4/c19-16(18-13-9-12(10-13)17(20)21)14-7-4-8-22-15(14)11-5-2-1-3-6-11/h1-3,5-6,12-15H,4,7-10H2,(H,18,19)(H,20,21). The van der Waals surface area contributed by atoms with Crippen molar-refractivity contribution < 1.29 is 19.4 Å². The number of rotatable bonds is 4. The summed E-state index contributed by atoms with van der Waals surface area (Å²) >= 11 is 0. The lowest BCUT2D eigenvalue weighted by molar-refractivity contribution is -0.147. The van der Waals surface area contributed by atoms with Crippen LogP contribution in [0.25, 0.3) is 0 Å². The Balaban J connectivity index is 1.61. The summed E-state index contributed by atoms with van der Waals surface area (Å²) < 4.78 is 5.84. The van der Waals surface area contributed by atoms with Crippen LogP contribution in [0.4, 0.5) is 0 Å². The number of amides is 1. The Hall–Kier alpha value is -1.88. The summed E-state index contributed by atoms with van der Waals surface area (Å²) in [6.07, 6.45) is 2.55. The smallest absolute Gasteiger partial charge is 0.306 e. The van der Waals surface area contributed by atoms with Gasteiger partial charge in [-0.05, 0) is 31.2 Å². The van der Waals surface area contributed by atoms with Gasteiger partial charge in [-0.3, -0.25) is 9.59 Å². The lowest BCUT2D eigenvalue weighted by Crippen LogP contribution is -2.49. The molecule has 1 saturated heterocycles. The highest BCUT2D eigenvalue weighted by Crippen LogP contribution is 2.35.